The third kappa shape index (κ3) is 6.43. The Morgan fingerprint density at radius 1 is 1.14 bits per heavy atom. The first-order valence-electron chi connectivity index (χ1n) is 9.03. The summed E-state index contributed by atoms with van der Waals surface area (Å²) in [5, 5.41) is 3.83. The van der Waals surface area contributed by atoms with Crippen molar-refractivity contribution in [2.24, 2.45) is 0 Å². The predicted octanol–water partition coefficient (Wildman–Crippen LogP) is 4.78. The molecule has 0 saturated carbocycles. The summed E-state index contributed by atoms with van der Waals surface area (Å²) in [6, 6.07) is 14.5. The topological polar surface area (TPSA) is 49.4 Å². The maximum absolute atomic E-state index is 13.0. The van der Waals surface area contributed by atoms with Gasteiger partial charge in [-0.05, 0) is 29.7 Å². The minimum Gasteiger partial charge on any atom is -0.357 e. The summed E-state index contributed by atoms with van der Waals surface area (Å²) in [6.07, 6.45) is 0.548. The van der Waals surface area contributed by atoms with E-state index >= 15 is 0 Å². The number of amides is 2. The van der Waals surface area contributed by atoms with Crippen LogP contribution in [0.4, 0.5) is 0 Å². The zero-order chi connectivity index (χ0) is 20.5. The minimum absolute atomic E-state index is 0.0746. The lowest BCUT2D eigenvalue weighted by atomic mass is 10.1. The molecule has 7 heteroatoms. The highest BCUT2D eigenvalue weighted by atomic mass is 35.5. The van der Waals surface area contributed by atoms with E-state index in [1.807, 2.05) is 43.3 Å². The fourth-order valence-corrected chi connectivity index (χ4v) is 4.30. The minimum atomic E-state index is -0.502. The van der Waals surface area contributed by atoms with Gasteiger partial charge in [0.2, 0.25) is 11.8 Å². The van der Waals surface area contributed by atoms with E-state index in [9.17, 15) is 9.59 Å². The Hall–Kier alpha value is -1.69. The first-order chi connectivity index (χ1) is 13.5. The first-order valence-corrected chi connectivity index (χ1v) is 10.9. The summed E-state index contributed by atoms with van der Waals surface area (Å²) < 4.78 is 0. The summed E-state index contributed by atoms with van der Waals surface area (Å²) in [7, 11) is 1.59. The monoisotopic (exact) mass is 438 g/mol. The number of nitrogens with one attached hydrogen (secondary N) is 1. The van der Waals surface area contributed by atoms with Crippen LogP contribution in [-0.4, -0.2) is 35.6 Å². The molecule has 4 nitrogen and oxygen atoms in total. The highest BCUT2D eigenvalue weighted by molar-refractivity contribution is 7.99. The van der Waals surface area contributed by atoms with E-state index in [1.165, 1.54) is 11.8 Å². The Morgan fingerprint density at radius 2 is 1.86 bits per heavy atom. The predicted molar refractivity (Wildman–Crippen MR) is 118 cm³/mol. The van der Waals surface area contributed by atoms with Crippen molar-refractivity contribution in [3.8, 4) is 0 Å². The molecule has 2 amide bonds. The smallest absolute Gasteiger partial charge is 0.242 e. The van der Waals surface area contributed by atoms with E-state index in [2.05, 4.69) is 5.32 Å². The number of hydrogen-bond donors (Lipinski definition) is 1. The highest BCUT2D eigenvalue weighted by Gasteiger charge is 2.27. The molecule has 0 saturated heterocycles. The quantitative estimate of drug-likeness (QED) is 0.612. The van der Waals surface area contributed by atoms with Crippen LogP contribution in [0.3, 0.4) is 0 Å². The number of hydrogen-bond acceptors (Lipinski definition) is 3. The third-order valence-corrected chi connectivity index (χ3v) is 5.88. The van der Waals surface area contributed by atoms with E-state index in [0.29, 0.717) is 28.8 Å². The van der Waals surface area contributed by atoms with Crippen LogP contribution in [0.15, 0.2) is 48.5 Å². The first kappa shape index (κ1) is 22.6. The lowest BCUT2D eigenvalue weighted by Gasteiger charge is -2.30. The maximum Gasteiger partial charge on any atom is 0.242 e. The van der Waals surface area contributed by atoms with E-state index in [-0.39, 0.29) is 17.6 Å². The molecule has 0 aliphatic rings. The molecule has 0 bridgehead atoms. The van der Waals surface area contributed by atoms with Crippen LogP contribution in [0.1, 0.15) is 24.5 Å². The Morgan fingerprint density at radius 3 is 2.46 bits per heavy atom. The van der Waals surface area contributed by atoms with Crippen LogP contribution in [0.5, 0.6) is 0 Å². The number of nitrogens with zero attached hydrogens (tertiary/aromatic N) is 1. The van der Waals surface area contributed by atoms with Gasteiger partial charge >= 0.3 is 0 Å². The molecule has 0 unspecified atom stereocenters. The van der Waals surface area contributed by atoms with Crippen LogP contribution in [0.25, 0.3) is 0 Å². The molecule has 2 aromatic rings. The van der Waals surface area contributed by atoms with E-state index in [4.69, 9.17) is 23.2 Å². The van der Waals surface area contributed by atoms with Gasteiger partial charge in [-0.15, -0.1) is 11.8 Å². The van der Waals surface area contributed by atoms with E-state index < -0.39 is 6.04 Å². The Bertz CT molecular complexity index is 802. The van der Waals surface area contributed by atoms with Crippen LogP contribution < -0.4 is 5.32 Å². The summed E-state index contributed by atoms with van der Waals surface area (Å²) in [5.41, 5.74) is 1.92. The van der Waals surface area contributed by atoms with E-state index in [0.717, 1.165) is 11.1 Å². The van der Waals surface area contributed by atoms with Gasteiger partial charge in [-0.1, -0.05) is 66.5 Å². The summed E-state index contributed by atoms with van der Waals surface area (Å²) in [4.78, 5) is 26.9. The highest BCUT2D eigenvalue weighted by Crippen LogP contribution is 2.25. The van der Waals surface area contributed by atoms with Crippen LogP contribution in [0, 0.1) is 0 Å². The second-order valence-corrected chi connectivity index (χ2v) is 8.10. The molecular weight excluding hydrogens is 415 g/mol. The standard InChI is InChI=1S/C21H24Cl2N2O2S/c1-3-19(21(27)24-2)25(12-15-7-5-4-6-8-15)20(26)14-28-13-16-9-10-17(22)11-18(16)23/h4-11,19H,3,12-14H2,1-2H3,(H,24,27)/t19-/m0/s1. The van der Waals surface area contributed by atoms with E-state index in [1.54, 1.807) is 24.1 Å². The second kappa shape index (κ2) is 11.3. The summed E-state index contributed by atoms with van der Waals surface area (Å²) >= 11 is 13.6. The van der Waals surface area contributed by atoms with Crippen molar-refractivity contribution in [2.45, 2.75) is 31.7 Å². The molecule has 0 heterocycles. The van der Waals surface area contributed by atoms with Gasteiger partial charge in [0.15, 0.2) is 0 Å². The lowest BCUT2D eigenvalue weighted by molar-refractivity contribution is -0.139. The van der Waals surface area contributed by atoms with Gasteiger partial charge in [-0.25, -0.2) is 0 Å². The molecule has 0 radical (unpaired) electrons. The lowest BCUT2D eigenvalue weighted by Crippen LogP contribution is -2.48. The van der Waals surface area contributed by atoms with Crippen LogP contribution in [-0.2, 0) is 21.9 Å². The van der Waals surface area contributed by atoms with Gasteiger partial charge in [-0.3, -0.25) is 9.59 Å². The average Bonchev–Trinajstić information content (AvgIpc) is 2.69. The molecule has 0 aliphatic carbocycles. The number of thioether (sulfide) groups is 1. The Kier molecular flexibility index (Phi) is 9.16. The molecule has 1 atom stereocenters. The van der Waals surface area contributed by atoms with Crippen molar-refractivity contribution in [1.29, 1.82) is 0 Å². The number of carbonyl (C=O) groups excluding carboxylic acids is 2. The molecule has 28 heavy (non-hydrogen) atoms. The molecule has 2 aromatic carbocycles. The van der Waals surface area contributed by atoms with Crippen molar-refractivity contribution >= 4 is 46.8 Å². The number of halogens is 2. The maximum atomic E-state index is 13.0. The molecule has 2 rings (SSSR count). The molecule has 0 fully saturated rings. The number of rotatable bonds is 9. The van der Waals surface area contributed by atoms with Gasteiger partial charge < -0.3 is 10.2 Å². The van der Waals surface area contributed by atoms with Crippen molar-refractivity contribution in [1.82, 2.24) is 10.2 Å². The number of likely N-dealkylation sites (N-methyl/N-ethyl adjacent to an activating group) is 1. The zero-order valence-electron chi connectivity index (χ0n) is 16.0. The van der Waals surface area contributed by atoms with Gasteiger partial charge in [0.25, 0.3) is 0 Å². The van der Waals surface area contributed by atoms with Crippen molar-refractivity contribution in [3.63, 3.8) is 0 Å². The fourth-order valence-electron chi connectivity index (χ4n) is 2.84. The molecule has 1 N–H and O–H groups in total. The third-order valence-electron chi connectivity index (χ3n) is 4.33. The average molecular weight is 439 g/mol. The Balaban J connectivity index is 2.08. The molecule has 0 spiro atoms. The second-order valence-electron chi connectivity index (χ2n) is 6.27. The van der Waals surface area contributed by atoms with Gasteiger partial charge in [0, 0.05) is 29.4 Å². The van der Waals surface area contributed by atoms with Gasteiger partial charge in [0.05, 0.1) is 5.75 Å². The van der Waals surface area contributed by atoms with Crippen LogP contribution in [0.2, 0.25) is 10.0 Å². The summed E-state index contributed by atoms with van der Waals surface area (Å²) in [5.74, 6) is 0.628. The van der Waals surface area contributed by atoms with Crippen molar-refractivity contribution < 1.29 is 9.59 Å². The summed E-state index contributed by atoms with van der Waals surface area (Å²) in [6.45, 7) is 2.31. The SMILES string of the molecule is CC[C@@H](C(=O)NC)N(Cc1ccccc1)C(=O)CSCc1ccc(Cl)cc1Cl. The van der Waals surface area contributed by atoms with Gasteiger partial charge in [-0.2, -0.15) is 0 Å². The zero-order valence-corrected chi connectivity index (χ0v) is 18.3. The van der Waals surface area contributed by atoms with Crippen molar-refractivity contribution in [3.05, 3.63) is 69.7 Å². The van der Waals surface area contributed by atoms with Crippen LogP contribution >= 0.6 is 35.0 Å². The number of carbonyl (C=O) groups is 2. The molecule has 150 valence electrons. The van der Waals surface area contributed by atoms with Gasteiger partial charge in [0.1, 0.15) is 6.04 Å². The van der Waals surface area contributed by atoms with Crippen molar-refractivity contribution in [2.75, 3.05) is 12.8 Å². The fraction of sp³-hybridized carbons (Fsp3) is 0.333. The molecule has 0 aromatic heterocycles. The normalized spacial score (nSPS) is 11.7. The largest absolute Gasteiger partial charge is 0.357 e. The molecular formula is C21H24Cl2N2O2S. The number of benzene rings is 2. The Labute approximate surface area is 180 Å². The molecule has 0 aliphatic heterocycles.